The summed E-state index contributed by atoms with van der Waals surface area (Å²) in [5, 5.41) is 0. The third-order valence-corrected chi connectivity index (χ3v) is 7.73. The summed E-state index contributed by atoms with van der Waals surface area (Å²) in [6, 6.07) is 0. The van der Waals surface area contributed by atoms with E-state index < -0.39 is 31.9 Å². The standard InChI is InChI=1S/C18H24FN6O5P/c1-18(19)13-11(8-28-31(26,30-13)27-7-10-3-4-10)29-16(18)25-9-21-12-14(24-5-2-6-24)22-17(20)23-15(12)25/h9-11,13,16H,2-8H2,1H3,(H2,20,22,23)/t11-,13-,16-,18-,31+/m1/s1. The zero-order valence-electron chi connectivity index (χ0n) is 17.0. The topological polar surface area (TPSA) is 127 Å². The van der Waals surface area contributed by atoms with Crippen molar-refractivity contribution < 1.29 is 27.3 Å². The molecule has 4 fully saturated rings. The van der Waals surface area contributed by atoms with E-state index in [1.807, 2.05) is 4.90 Å². The smallest absolute Gasteiger partial charge is 0.368 e. The number of aromatic nitrogens is 4. The molecule has 0 spiro atoms. The van der Waals surface area contributed by atoms with Crippen molar-refractivity contribution in [2.75, 3.05) is 36.9 Å². The van der Waals surface area contributed by atoms with Crippen molar-refractivity contribution in [2.24, 2.45) is 5.92 Å². The van der Waals surface area contributed by atoms with Gasteiger partial charge in [-0.25, -0.2) is 13.9 Å². The fourth-order valence-corrected chi connectivity index (χ4v) is 5.77. The minimum absolute atomic E-state index is 0.0738. The van der Waals surface area contributed by atoms with Gasteiger partial charge in [-0.1, -0.05) is 0 Å². The number of rotatable bonds is 5. The van der Waals surface area contributed by atoms with E-state index in [4.69, 9.17) is 24.0 Å². The van der Waals surface area contributed by atoms with Gasteiger partial charge in [0, 0.05) is 13.1 Å². The van der Waals surface area contributed by atoms with Gasteiger partial charge in [-0.15, -0.1) is 0 Å². The number of imidazole rings is 1. The van der Waals surface area contributed by atoms with Gasteiger partial charge < -0.3 is 15.4 Å². The molecule has 0 unspecified atom stereocenters. The fraction of sp³-hybridized carbons (Fsp3) is 0.722. The van der Waals surface area contributed by atoms with Gasteiger partial charge in [-0.2, -0.15) is 9.97 Å². The number of anilines is 2. The number of phosphoric acid groups is 1. The first-order valence-electron chi connectivity index (χ1n) is 10.5. The lowest BCUT2D eigenvalue weighted by Crippen LogP contribution is -2.44. The van der Waals surface area contributed by atoms with E-state index in [-0.39, 0.29) is 19.2 Å². The first-order chi connectivity index (χ1) is 14.8. The quantitative estimate of drug-likeness (QED) is 0.672. The van der Waals surface area contributed by atoms with Crippen molar-refractivity contribution in [2.45, 2.75) is 50.3 Å². The van der Waals surface area contributed by atoms with Crippen molar-refractivity contribution in [3.63, 3.8) is 0 Å². The highest BCUT2D eigenvalue weighted by Gasteiger charge is 2.61. The van der Waals surface area contributed by atoms with Crippen LogP contribution >= 0.6 is 7.82 Å². The molecule has 13 heteroatoms. The maximum absolute atomic E-state index is 16.1. The van der Waals surface area contributed by atoms with Crippen molar-refractivity contribution >= 4 is 30.8 Å². The van der Waals surface area contributed by atoms with Crippen LogP contribution in [0.25, 0.3) is 11.2 Å². The third kappa shape index (κ3) is 3.23. The second kappa shape index (κ2) is 6.82. The number of fused-ring (bicyclic) bond motifs is 2. The molecule has 2 aromatic heterocycles. The number of hydrogen-bond acceptors (Lipinski definition) is 10. The Morgan fingerprint density at radius 2 is 2.19 bits per heavy atom. The molecule has 1 saturated carbocycles. The van der Waals surface area contributed by atoms with Crippen LogP contribution in [-0.2, 0) is 22.9 Å². The van der Waals surface area contributed by atoms with Crippen LogP contribution < -0.4 is 10.6 Å². The van der Waals surface area contributed by atoms with Crippen LogP contribution in [0, 0.1) is 5.92 Å². The molecule has 5 heterocycles. The van der Waals surface area contributed by atoms with Gasteiger partial charge in [-0.3, -0.25) is 18.1 Å². The largest absolute Gasteiger partial charge is 0.475 e. The molecular weight excluding hydrogens is 430 g/mol. The van der Waals surface area contributed by atoms with Crippen LogP contribution in [0.15, 0.2) is 6.33 Å². The van der Waals surface area contributed by atoms with E-state index in [9.17, 15) is 4.57 Å². The van der Waals surface area contributed by atoms with Crippen LogP contribution in [0.3, 0.4) is 0 Å². The van der Waals surface area contributed by atoms with Crippen LogP contribution in [0.2, 0.25) is 0 Å². The van der Waals surface area contributed by atoms with E-state index >= 15 is 4.39 Å². The lowest BCUT2D eigenvalue weighted by molar-refractivity contribution is -0.0709. The van der Waals surface area contributed by atoms with E-state index in [1.54, 1.807) is 0 Å². The molecule has 5 atom stereocenters. The Morgan fingerprint density at radius 1 is 1.39 bits per heavy atom. The Labute approximate surface area is 177 Å². The molecule has 11 nitrogen and oxygen atoms in total. The summed E-state index contributed by atoms with van der Waals surface area (Å²) in [4.78, 5) is 15.1. The molecular formula is C18H24FN6O5P. The summed E-state index contributed by atoms with van der Waals surface area (Å²) < 4.78 is 52.7. The van der Waals surface area contributed by atoms with E-state index in [2.05, 4.69) is 15.0 Å². The molecule has 0 radical (unpaired) electrons. The SMILES string of the molecule is C[C@@]1(F)[C@@H]2O[P@@](=O)(OCC3CC3)OC[C@H]2O[C@H]1n1cnc2c(N3CCC3)nc(N)nc21. The number of phosphoric ester groups is 1. The molecule has 6 rings (SSSR count). The molecule has 3 aliphatic heterocycles. The molecule has 1 aliphatic carbocycles. The fourth-order valence-electron chi connectivity index (χ4n) is 4.23. The van der Waals surface area contributed by atoms with Gasteiger partial charge in [0.1, 0.15) is 12.2 Å². The molecule has 4 aliphatic rings. The number of alkyl halides is 1. The number of nitrogens with zero attached hydrogens (tertiary/aromatic N) is 5. The molecule has 2 N–H and O–H groups in total. The summed E-state index contributed by atoms with van der Waals surface area (Å²) >= 11 is 0. The number of nitrogens with two attached hydrogens (primary N) is 1. The second-order valence-electron chi connectivity index (χ2n) is 8.76. The Balaban J connectivity index is 1.31. The average Bonchev–Trinajstić information content (AvgIpc) is 3.37. The maximum atomic E-state index is 16.1. The van der Waals surface area contributed by atoms with Crippen molar-refractivity contribution in [3.05, 3.63) is 6.33 Å². The Kier molecular flexibility index (Phi) is 4.36. The number of halogens is 1. The zero-order chi connectivity index (χ0) is 21.4. The average molecular weight is 454 g/mol. The monoisotopic (exact) mass is 454 g/mol. The molecule has 0 aromatic carbocycles. The molecule has 3 saturated heterocycles. The Hall–Kier alpha value is -1.85. The van der Waals surface area contributed by atoms with Gasteiger partial charge in [0.2, 0.25) is 5.95 Å². The first-order valence-corrected chi connectivity index (χ1v) is 12.0. The number of nitrogen functional groups attached to an aromatic ring is 1. The van der Waals surface area contributed by atoms with E-state index in [1.165, 1.54) is 17.8 Å². The highest BCUT2D eigenvalue weighted by Crippen LogP contribution is 2.60. The molecule has 0 bridgehead atoms. The molecule has 168 valence electrons. The summed E-state index contributed by atoms with van der Waals surface area (Å²) in [6.07, 6.45) is 1.58. The van der Waals surface area contributed by atoms with Crippen molar-refractivity contribution in [1.29, 1.82) is 0 Å². The van der Waals surface area contributed by atoms with Gasteiger partial charge >= 0.3 is 7.82 Å². The Bertz CT molecular complexity index is 1070. The van der Waals surface area contributed by atoms with Crippen molar-refractivity contribution in [1.82, 2.24) is 19.5 Å². The summed E-state index contributed by atoms with van der Waals surface area (Å²) in [5.41, 5.74) is 4.78. The van der Waals surface area contributed by atoms with Crippen molar-refractivity contribution in [3.8, 4) is 0 Å². The predicted molar refractivity (Wildman–Crippen MR) is 107 cm³/mol. The maximum Gasteiger partial charge on any atom is 0.475 e. The lowest BCUT2D eigenvalue weighted by Gasteiger charge is -2.33. The third-order valence-electron chi connectivity index (χ3n) is 6.31. The van der Waals surface area contributed by atoms with Crippen LogP contribution in [0.4, 0.5) is 16.2 Å². The minimum Gasteiger partial charge on any atom is -0.368 e. The summed E-state index contributed by atoms with van der Waals surface area (Å²) in [6.45, 7) is 3.25. The highest BCUT2D eigenvalue weighted by molar-refractivity contribution is 7.48. The van der Waals surface area contributed by atoms with Gasteiger partial charge in [0.05, 0.1) is 19.5 Å². The summed E-state index contributed by atoms with van der Waals surface area (Å²) in [7, 11) is -3.85. The minimum atomic E-state index is -3.85. The van der Waals surface area contributed by atoms with Gasteiger partial charge in [0.25, 0.3) is 0 Å². The van der Waals surface area contributed by atoms with Gasteiger partial charge in [0.15, 0.2) is 28.9 Å². The van der Waals surface area contributed by atoms with E-state index in [0.717, 1.165) is 32.4 Å². The molecule has 0 amide bonds. The number of hydrogen-bond donors (Lipinski definition) is 1. The van der Waals surface area contributed by atoms with Gasteiger partial charge in [-0.05, 0) is 32.1 Å². The normalized spacial score (nSPS) is 37.7. The van der Waals surface area contributed by atoms with E-state index in [0.29, 0.717) is 22.9 Å². The summed E-state index contributed by atoms with van der Waals surface area (Å²) in [5.74, 6) is 1.06. The van der Waals surface area contributed by atoms with Crippen LogP contribution in [0.5, 0.6) is 0 Å². The molecule has 31 heavy (non-hydrogen) atoms. The number of ether oxygens (including phenoxy) is 1. The molecule has 2 aromatic rings. The van der Waals surface area contributed by atoms with Crippen LogP contribution in [-0.4, -0.2) is 63.7 Å². The van der Waals surface area contributed by atoms with Crippen LogP contribution in [0.1, 0.15) is 32.4 Å². The lowest BCUT2D eigenvalue weighted by atomic mass is 9.98. The highest BCUT2D eigenvalue weighted by atomic mass is 31.2. The predicted octanol–water partition coefficient (Wildman–Crippen LogP) is 2.19. The second-order valence-corrected chi connectivity index (χ2v) is 10.4. The first kappa shape index (κ1) is 19.8. The zero-order valence-corrected chi connectivity index (χ0v) is 17.9. The Morgan fingerprint density at radius 3 is 2.90 bits per heavy atom.